The van der Waals surface area contributed by atoms with Gasteiger partial charge in [-0.15, -0.1) is 11.3 Å². The van der Waals surface area contributed by atoms with Gasteiger partial charge in [-0.3, -0.25) is 4.79 Å². The molecule has 0 radical (unpaired) electrons. The van der Waals surface area contributed by atoms with Gasteiger partial charge in [0.25, 0.3) is 18.3 Å². The SMILES string of the molecule is NC1CCCC(F)(F)[C@@H]1NC(=O)c1nc(-c2cnn3cc(F)ccc23)c(C(F)F)s1. The maximum absolute atomic E-state index is 14.2. The summed E-state index contributed by atoms with van der Waals surface area (Å²) in [6, 6.07) is -0.0924. The molecule has 3 N–H and O–H groups in total. The van der Waals surface area contributed by atoms with E-state index >= 15 is 0 Å². The number of amides is 1. The number of hydrogen-bond acceptors (Lipinski definition) is 5. The largest absolute Gasteiger partial charge is 0.340 e. The predicted octanol–water partition coefficient (Wildman–Crippen LogP) is 3.78. The van der Waals surface area contributed by atoms with Crippen LogP contribution in [0.4, 0.5) is 22.0 Å². The average Bonchev–Trinajstić information content (AvgIpc) is 3.28. The Morgan fingerprint density at radius 2 is 2.13 bits per heavy atom. The van der Waals surface area contributed by atoms with Crippen molar-refractivity contribution >= 4 is 22.8 Å². The zero-order chi connectivity index (χ0) is 21.6. The zero-order valence-corrected chi connectivity index (χ0v) is 16.1. The van der Waals surface area contributed by atoms with Gasteiger partial charge in [0, 0.05) is 18.0 Å². The van der Waals surface area contributed by atoms with Crippen molar-refractivity contribution in [2.75, 3.05) is 0 Å². The van der Waals surface area contributed by atoms with Gasteiger partial charge in [-0.1, -0.05) is 0 Å². The molecular weight excluding hydrogens is 429 g/mol. The second-order valence-corrected chi connectivity index (χ2v) is 8.07. The molecule has 2 atom stereocenters. The standard InChI is InChI=1S/C18H16F5N5OS/c19-8-3-4-11-9(6-25-28(11)7-8)12-13(15(20)21)30-17(26-12)16(29)27-14-10(24)2-1-5-18(14,22)23/h3-4,6-7,10,14-15H,1-2,5,24H2,(H,27,29)/t10?,14-/m1/s1. The Labute approximate surface area is 170 Å². The first-order valence-electron chi connectivity index (χ1n) is 9.04. The van der Waals surface area contributed by atoms with Gasteiger partial charge < -0.3 is 11.1 Å². The summed E-state index contributed by atoms with van der Waals surface area (Å²) in [5.74, 6) is -4.78. The smallest absolute Gasteiger partial charge is 0.280 e. The van der Waals surface area contributed by atoms with Crippen molar-refractivity contribution in [3.8, 4) is 11.3 Å². The van der Waals surface area contributed by atoms with Crippen LogP contribution in [0.5, 0.6) is 0 Å². The van der Waals surface area contributed by atoms with Crippen molar-refractivity contribution in [3.05, 3.63) is 40.2 Å². The van der Waals surface area contributed by atoms with Crippen LogP contribution < -0.4 is 11.1 Å². The van der Waals surface area contributed by atoms with Crippen LogP contribution in [0.3, 0.4) is 0 Å². The molecule has 1 saturated carbocycles. The van der Waals surface area contributed by atoms with E-state index in [9.17, 15) is 26.7 Å². The molecule has 3 heterocycles. The summed E-state index contributed by atoms with van der Waals surface area (Å²) in [5, 5.41) is 5.68. The third-order valence-electron chi connectivity index (χ3n) is 5.00. The number of thiazole rings is 1. The van der Waals surface area contributed by atoms with Crippen molar-refractivity contribution in [1.82, 2.24) is 19.9 Å². The number of aromatic nitrogens is 3. The molecule has 0 spiro atoms. The monoisotopic (exact) mass is 445 g/mol. The molecule has 3 aromatic heterocycles. The van der Waals surface area contributed by atoms with Gasteiger partial charge in [0.1, 0.15) is 11.9 Å². The normalized spacial score (nSPS) is 21.3. The molecule has 0 aromatic carbocycles. The number of alkyl halides is 4. The minimum atomic E-state index is -3.20. The van der Waals surface area contributed by atoms with E-state index in [1.165, 1.54) is 12.3 Å². The second kappa shape index (κ2) is 7.58. The highest BCUT2D eigenvalue weighted by Crippen LogP contribution is 2.38. The minimum Gasteiger partial charge on any atom is -0.340 e. The second-order valence-electron chi connectivity index (χ2n) is 7.04. The van der Waals surface area contributed by atoms with E-state index < -0.39 is 52.5 Å². The summed E-state index contributed by atoms with van der Waals surface area (Å²) in [6.45, 7) is 0. The first kappa shape index (κ1) is 20.7. The van der Waals surface area contributed by atoms with Crippen LogP contribution in [0.1, 0.15) is 40.4 Å². The molecule has 1 unspecified atom stereocenters. The molecule has 160 valence electrons. The van der Waals surface area contributed by atoms with Gasteiger partial charge in [0.15, 0.2) is 5.01 Å². The molecule has 0 aliphatic heterocycles. The van der Waals surface area contributed by atoms with Gasteiger partial charge >= 0.3 is 0 Å². The van der Waals surface area contributed by atoms with Gasteiger partial charge in [-0.2, -0.15) is 5.10 Å². The van der Waals surface area contributed by atoms with E-state index in [1.807, 2.05) is 0 Å². The number of hydrogen-bond donors (Lipinski definition) is 2. The molecule has 0 bridgehead atoms. The highest BCUT2D eigenvalue weighted by Gasteiger charge is 2.47. The quantitative estimate of drug-likeness (QED) is 0.599. The Balaban J connectivity index is 1.69. The van der Waals surface area contributed by atoms with E-state index in [0.717, 1.165) is 16.8 Å². The maximum atomic E-state index is 14.2. The molecule has 12 heteroatoms. The number of carbonyl (C=O) groups excluding carboxylic acids is 1. The lowest BCUT2D eigenvalue weighted by Gasteiger charge is -2.36. The Morgan fingerprint density at radius 3 is 2.83 bits per heavy atom. The van der Waals surface area contributed by atoms with Gasteiger partial charge in [0.05, 0.1) is 28.5 Å². The molecule has 0 saturated heterocycles. The Morgan fingerprint density at radius 1 is 1.37 bits per heavy atom. The number of nitrogens with one attached hydrogen (secondary N) is 1. The van der Waals surface area contributed by atoms with Crippen LogP contribution >= 0.6 is 11.3 Å². The Hall–Kier alpha value is -2.60. The lowest BCUT2D eigenvalue weighted by Crippen LogP contribution is -2.59. The number of halogens is 5. The maximum Gasteiger partial charge on any atom is 0.280 e. The average molecular weight is 445 g/mol. The number of pyridine rings is 1. The van der Waals surface area contributed by atoms with Crippen molar-refractivity contribution in [2.45, 2.75) is 43.7 Å². The number of nitrogens with two attached hydrogens (primary N) is 1. The zero-order valence-electron chi connectivity index (χ0n) is 15.3. The summed E-state index contributed by atoms with van der Waals surface area (Å²) < 4.78 is 70.1. The van der Waals surface area contributed by atoms with Crippen molar-refractivity contribution in [1.29, 1.82) is 0 Å². The molecule has 1 aliphatic carbocycles. The summed E-state index contributed by atoms with van der Waals surface area (Å²) in [6.07, 6.45) is -0.559. The van der Waals surface area contributed by atoms with Gasteiger partial charge in [-0.25, -0.2) is 31.5 Å². The van der Waals surface area contributed by atoms with E-state index in [4.69, 9.17) is 5.73 Å². The minimum absolute atomic E-state index is 0.167. The van der Waals surface area contributed by atoms with Gasteiger partial charge in [0.2, 0.25) is 0 Å². The highest BCUT2D eigenvalue weighted by atomic mass is 32.1. The molecule has 1 aliphatic rings. The van der Waals surface area contributed by atoms with Crippen LogP contribution in [0.15, 0.2) is 24.5 Å². The molecule has 4 rings (SSSR count). The number of fused-ring (bicyclic) bond motifs is 1. The van der Waals surface area contributed by atoms with Crippen LogP contribution in [-0.4, -0.2) is 38.5 Å². The van der Waals surface area contributed by atoms with Crippen LogP contribution in [-0.2, 0) is 0 Å². The fraction of sp³-hybridized carbons (Fsp3) is 0.389. The molecule has 3 aromatic rings. The molecule has 6 nitrogen and oxygen atoms in total. The Kier molecular flexibility index (Phi) is 5.22. The van der Waals surface area contributed by atoms with E-state index in [-0.39, 0.29) is 17.7 Å². The van der Waals surface area contributed by atoms with Crippen LogP contribution in [0.25, 0.3) is 16.8 Å². The first-order chi connectivity index (χ1) is 14.2. The number of nitrogens with zero attached hydrogens (tertiary/aromatic N) is 3. The van der Waals surface area contributed by atoms with E-state index in [2.05, 4.69) is 15.4 Å². The summed E-state index contributed by atoms with van der Waals surface area (Å²) in [4.78, 5) is 16.0. The summed E-state index contributed by atoms with van der Waals surface area (Å²) in [5.41, 5.74) is 6.00. The number of rotatable bonds is 4. The molecular formula is C18H16F5N5OS. The summed E-state index contributed by atoms with van der Waals surface area (Å²) in [7, 11) is 0. The molecule has 1 fully saturated rings. The number of carbonyl (C=O) groups is 1. The predicted molar refractivity (Wildman–Crippen MR) is 99.2 cm³/mol. The third kappa shape index (κ3) is 3.65. The molecule has 30 heavy (non-hydrogen) atoms. The van der Waals surface area contributed by atoms with Crippen LogP contribution in [0.2, 0.25) is 0 Å². The Bertz CT molecular complexity index is 1100. The van der Waals surface area contributed by atoms with Crippen molar-refractivity contribution in [3.63, 3.8) is 0 Å². The highest BCUT2D eigenvalue weighted by molar-refractivity contribution is 7.14. The van der Waals surface area contributed by atoms with Crippen molar-refractivity contribution in [2.24, 2.45) is 5.73 Å². The first-order valence-corrected chi connectivity index (χ1v) is 9.85. The topological polar surface area (TPSA) is 85.3 Å². The summed E-state index contributed by atoms with van der Waals surface area (Å²) >= 11 is 0.406. The van der Waals surface area contributed by atoms with E-state index in [0.29, 0.717) is 23.3 Å². The van der Waals surface area contributed by atoms with Crippen molar-refractivity contribution < 1.29 is 26.7 Å². The molecule has 1 amide bonds. The fourth-order valence-electron chi connectivity index (χ4n) is 3.54. The van der Waals surface area contributed by atoms with Crippen LogP contribution in [0, 0.1) is 5.82 Å². The lowest BCUT2D eigenvalue weighted by atomic mass is 9.87. The van der Waals surface area contributed by atoms with Gasteiger partial charge in [-0.05, 0) is 25.0 Å². The lowest BCUT2D eigenvalue weighted by molar-refractivity contribution is -0.0674. The third-order valence-corrected chi connectivity index (χ3v) is 6.06. The fourth-order valence-corrected chi connectivity index (χ4v) is 4.37. The van der Waals surface area contributed by atoms with E-state index in [1.54, 1.807) is 0 Å².